The maximum absolute atomic E-state index is 9.20. The Hall–Kier alpha value is 1.02. The van der Waals surface area contributed by atoms with Gasteiger partial charge in [0.2, 0.25) is 0 Å². The van der Waals surface area contributed by atoms with E-state index in [1.54, 1.807) is 0 Å². The average Bonchev–Trinajstić information content (AvgIpc) is 2.08. The monoisotopic (exact) mass is 221 g/mol. The average molecular weight is 221 g/mol. The minimum Gasteiger partial charge on any atom is -1.00 e. The second-order valence-electron chi connectivity index (χ2n) is 2.81. The Balaban J connectivity index is -0.000000480. The van der Waals surface area contributed by atoms with Crippen LogP contribution in [-0.4, -0.2) is 95.4 Å². The molecule has 1 aliphatic heterocycles. The Kier molecular flexibility index (Phi) is 6.25. The number of hydrogen-bond acceptors (Lipinski definition) is 6. The molecule has 0 radical (unpaired) electrons. The fourth-order valence-corrected chi connectivity index (χ4v) is 1.12. The van der Waals surface area contributed by atoms with E-state index >= 15 is 0 Å². The molecule has 1 unspecified atom stereocenters. The molecule has 0 bridgehead atoms. The molecule has 5 atom stereocenters. The van der Waals surface area contributed by atoms with E-state index in [2.05, 4.69) is 0 Å². The normalized spacial score (nSPS) is 45.5. The molecule has 1 aliphatic rings. The largest absolute Gasteiger partial charge is 2.00 e. The molecule has 1 rings (SSSR count). The van der Waals surface area contributed by atoms with E-state index in [9.17, 15) is 10.2 Å². The van der Waals surface area contributed by atoms with Crippen molar-refractivity contribution in [1.29, 1.82) is 0 Å². The van der Waals surface area contributed by atoms with Crippen molar-refractivity contribution in [2.75, 3.05) is 6.61 Å². The standard InChI is InChI=1S/C6H13NO5.Ca.2H/c7-3-5(10)4(9)2(1-8)12-6(3)11;;;/h2-6,8-11H,1,7H2;;;/q;+2;2*-1/t2-,3-,4-,5-,6?;;;/m1.../s1. The minimum atomic E-state index is -1.35. The zero-order valence-corrected chi connectivity index (χ0v) is 9.28. The molecule has 0 amide bonds. The van der Waals surface area contributed by atoms with Crippen molar-refractivity contribution < 1.29 is 28.0 Å². The van der Waals surface area contributed by atoms with Crippen LogP contribution in [0.4, 0.5) is 0 Å². The Morgan fingerprint density at radius 1 is 1.23 bits per heavy atom. The second kappa shape index (κ2) is 5.79. The third-order valence-electron chi connectivity index (χ3n) is 1.95. The zero-order chi connectivity index (χ0) is 9.30. The summed E-state index contributed by atoms with van der Waals surface area (Å²) in [6.45, 7) is -0.470. The van der Waals surface area contributed by atoms with Crippen LogP contribution in [0.5, 0.6) is 0 Å². The van der Waals surface area contributed by atoms with Crippen LogP contribution in [0, 0.1) is 0 Å². The molecule has 1 fully saturated rings. The smallest absolute Gasteiger partial charge is 1.00 e. The van der Waals surface area contributed by atoms with Gasteiger partial charge >= 0.3 is 37.7 Å². The van der Waals surface area contributed by atoms with E-state index in [4.69, 9.17) is 20.7 Å². The van der Waals surface area contributed by atoms with Gasteiger partial charge in [-0.1, -0.05) is 0 Å². The van der Waals surface area contributed by atoms with Crippen LogP contribution in [0.2, 0.25) is 0 Å². The molecule has 0 aromatic heterocycles. The van der Waals surface area contributed by atoms with Gasteiger partial charge < -0.3 is 33.7 Å². The van der Waals surface area contributed by atoms with Crippen molar-refractivity contribution in [2.45, 2.75) is 30.6 Å². The molecule has 6 N–H and O–H groups in total. The summed E-state index contributed by atoms with van der Waals surface area (Å²) >= 11 is 0. The van der Waals surface area contributed by atoms with E-state index in [-0.39, 0.29) is 40.6 Å². The molecular weight excluding hydrogens is 206 g/mol. The topological polar surface area (TPSA) is 116 Å². The van der Waals surface area contributed by atoms with Crippen LogP contribution < -0.4 is 5.73 Å². The van der Waals surface area contributed by atoms with E-state index in [1.807, 2.05) is 0 Å². The molecule has 13 heavy (non-hydrogen) atoms. The molecule has 0 aromatic carbocycles. The van der Waals surface area contributed by atoms with Gasteiger partial charge in [0, 0.05) is 0 Å². The summed E-state index contributed by atoms with van der Waals surface area (Å²) in [5.74, 6) is 0. The third kappa shape index (κ3) is 2.98. The number of aliphatic hydroxyl groups is 4. The van der Waals surface area contributed by atoms with Gasteiger partial charge in [0.05, 0.1) is 12.6 Å². The molecule has 0 saturated carbocycles. The van der Waals surface area contributed by atoms with E-state index in [0.717, 1.165) is 0 Å². The quantitative estimate of drug-likeness (QED) is 0.295. The molecule has 7 heteroatoms. The minimum absolute atomic E-state index is 0. The van der Waals surface area contributed by atoms with Gasteiger partial charge in [0.1, 0.15) is 18.3 Å². The van der Waals surface area contributed by atoms with Crippen LogP contribution in [0.25, 0.3) is 0 Å². The molecule has 1 saturated heterocycles. The van der Waals surface area contributed by atoms with E-state index in [1.165, 1.54) is 0 Å². The first-order valence-corrected chi connectivity index (χ1v) is 3.64. The summed E-state index contributed by atoms with van der Waals surface area (Å²) < 4.78 is 4.70. The molecule has 0 aromatic rings. The summed E-state index contributed by atoms with van der Waals surface area (Å²) in [6.07, 6.45) is -4.85. The predicted molar refractivity (Wildman–Crippen MR) is 45.9 cm³/mol. The molecular formula is C6H15CaNO5. The molecule has 0 aliphatic carbocycles. The van der Waals surface area contributed by atoms with Gasteiger partial charge in [0.15, 0.2) is 6.29 Å². The Bertz CT molecular complexity index is 164. The van der Waals surface area contributed by atoms with Crippen molar-refractivity contribution in [3.05, 3.63) is 0 Å². The predicted octanol–water partition coefficient (Wildman–Crippen LogP) is -3.41. The van der Waals surface area contributed by atoms with Crippen LogP contribution in [0.15, 0.2) is 0 Å². The van der Waals surface area contributed by atoms with Gasteiger partial charge in [-0.05, 0) is 0 Å². The summed E-state index contributed by atoms with van der Waals surface area (Å²) in [5, 5.41) is 36.1. The molecule has 1 heterocycles. The van der Waals surface area contributed by atoms with Crippen molar-refractivity contribution in [2.24, 2.45) is 5.73 Å². The van der Waals surface area contributed by atoms with Crippen LogP contribution in [-0.2, 0) is 4.74 Å². The molecule has 76 valence electrons. The van der Waals surface area contributed by atoms with Gasteiger partial charge in [-0.3, -0.25) is 0 Å². The van der Waals surface area contributed by atoms with Gasteiger partial charge in [-0.2, -0.15) is 0 Å². The second-order valence-corrected chi connectivity index (χ2v) is 2.81. The van der Waals surface area contributed by atoms with Gasteiger partial charge in [-0.15, -0.1) is 0 Å². The van der Waals surface area contributed by atoms with Crippen molar-refractivity contribution in [1.82, 2.24) is 0 Å². The third-order valence-corrected chi connectivity index (χ3v) is 1.95. The Morgan fingerprint density at radius 2 is 1.77 bits per heavy atom. The molecule has 0 spiro atoms. The van der Waals surface area contributed by atoms with Crippen molar-refractivity contribution >= 4 is 37.7 Å². The van der Waals surface area contributed by atoms with Crippen LogP contribution in [0.1, 0.15) is 2.85 Å². The number of hydrogen-bond donors (Lipinski definition) is 5. The number of aliphatic hydroxyl groups excluding tert-OH is 4. The summed E-state index contributed by atoms with van der Waals surface area (Å²) in [7, 11) is 0. The fourth-order valence-electron chi connectivity index (χ4n) is 1.12. The number of ether oxygens (including phenoxy) is 1. The number of rotatable bonds is 1. The maximum Gasteiger partial charge on any atom is 2.00 e. The fraction of sp³-hybridized carbons (Fsp3) is 1.00. The Labute approximate surface area is 108 Å². The Morgan fingerprint density at radius 3 is 2.23 bits per heavy atom. The first-order valence-electron chi connectivity index (χ1n) is 3.64. The van der Waals surface area contributed by atoms with Gasteiger partial charge in [-0.25, -0.2) is 0 Å². The molecule has 6 nitrogen and oxygen atoms in total. The van der Waals surface area contributed by atoms with Crippen LogP contribution in [0.3, 0.4) is 0 Å². The summed E-state index contributed by atoms with van der Waals surface area (Å²) in [4.78, 5) is 0. The zero-order valence-electron chi connectivity index (χ0n) is 9.08. The van der Waals surface area contributed by atoms with Crippen molar-refractivity contribution in [3.63, 3.8) is 0 Å². The van der Waals surface area contributed by atoms with Crippen LogP contribution >= 0.6 is 0 Å². The van der Waals surface area contributed by atoms with Gasteiger partial charge in [0.25, 0.3) is 0 Å². The van der Waals surface area contributed by atoms with Crippen molar-refractivity contribution in [3.8, 4) is 0 Å². The summed E-state index contributed by atoms with van der Waals surface area (Å²) in [6, 6.07) is -1.04. The first kappa shape index (κ1) is 14.0. The van der Waals surface area contributed by atoms with E-state index < -0.39 is 37.3 Å². The van der Waals surface area contributed by atoms with E-state index in [0.29, 0.717) is 0 Å². The number of nitrogens with two attached hydrogens (primary N) is 1. The summed E-state index contributed by atoms with van der Waals surface area (Å²) in [5.41, 5.74) is 5.26. The SMILES string of the molecule is N[C@H]1C(O)O[C@H](CO)[C@@H](O)[C@@H]1O.[Ca+2].[H-].[H-]. The maximum atomic E-state index is 9.20. The first-order chi connectivity index (χ1) is 5.57.